The number of aryl methyl sites for hydroxylation is 1. The Hall–Kier alpha value is -1.33. The highest BCUT2D eigenvalue weighted by Crippen LogP contribution is 2.21. The van der Waals surface area contributed by atoms with Crippen molar-refractivity contribution in [2.45, 2.75) is 39.8 Å². The minimum absolute atomic E-state index is 0.0806. The molecule has 0 spiro atoms. The Morgan fingerprint density at radius 1 is 1.32 bits per heavy atom. The first-order valence-electron chi connectivity index (χ1n) is 8.18. The second kappa shape index (κ2) is 7.29. The van der Waals surface area contributed by atoms with Gasteiger partial charge in [-0.2, -0.15) is 0 Å². The SMILES string of the molecule is Cc1cc(=O)c(O)c(CN2CCC(C)CC2)n1CCN(C)C. The maximum absolute atomic E-state index is 12.0. The predicted octanol–water partition coefficient (Wildman–Crippen LogP) is 1.66. The smallest absolute Gasteiger partial charge is 0.223 e. The zero-order chi connectivity index (χ0) is 16.3. The van der Waals surface area contributed by atoms with Crippen LogP contribution in [0.3, 0.4) is 0 Å². The van der Waals surface area contributed by atoms with E-state index in [9.17, 15) is 9.90 Å². The molecule has 1 saturated heterocycles. The van der Waals surface area contributed by atoms with E-state index in [0.29, 0.717) is 6.54 Å². The second-order valence-corrected chi connectivity index (χ2v) is 6.86. The van der Waals surface area contributed by atoms with E-state index in [4.69, 9.17) is 0 Å². The third-order valence-corrected chi connectivity index (χ3v) is 4.62. The molecule has 0 saturated carbocycles. The summed E-state index contributed by atoms with van der Waals surface area (Å²) in [4.78, 5) is 16.4. The molecule has 1 aliphatic rings. The largest absolute Gasteiger partial charge is 0.503 e. The van der Waals surface area contributed by atoms with Gasteiger partial charge in [0.05, 0.1) is 5.69 Å². The Bertz CT molecular complexity index is 558. The molecule has 124 valence electrons. The van der Waals surface area contributed by atoms with Crippen LogP contribution in [-0.4, -0.2) is 53.2 Å². The summed E-state index contributed by atoms with van der Waals surface area (Å²) in [6.07, 6.45) is 2.38. The number of nitrogens with zero attached hydrogens (tertiary/aromatic N) is 3. The minimum atomic E-state index is -0.265. The molecule has 22 heavy (non-hydrogen) atoms. The van der Waals surface area contributed by atoms with E-state index in [1.165, 1.54) is 18.9 Å². The molecular formula is C17H29N3O2. The van der Waals surface area contributed by atoms with Crippen molar-refractivity contribution in [3.8, 4) is 5.75 Å². The van der Waals surface area contributed by atoms with Gasteiger partial charge in [0.1, 0.15) is 0 Å². The average Bonchev–Trinajstić information content (AvgIpc) is 2.46. The van der Waals surface area contributed by atoms with Crippen LogP contribution in [0.15, 0.2) is 10.9 Å². The van der Waals surface area contributed by atoms with E-state index in [1.54, 1.807) is 0 Å². The Morgan fingerprint density at radius 2 is 1.95 bits per heavy atom. The third kappa shape index (κ3) is 4.11. The second-order valence-electron chi connectivity index (χ2n) is 6.86. The monoisotopic (exact) mass is 307 g/mol. The highest BCUT2D eigenvalue weighted by atomic mass is 16.3. The molecule has 0 atom stereocenters. The normalized spacial score (nSPS) is 17.3. The van der Waals surface area contributed by atoms with Crippen LogP contribution in [0.1, 0.15) is 31.2 Å². The summed E-state index contributed by atoms with van der Waals surface area (Å²) in [5, 5.41) is 10.3. The molecule has 0 aliphatic carbocycles. The number of rotatable bonds is 5. The highest BCUT2D eigenvalue weighted by molar-refractivity contribution is 5.29. The summed E-state index contributed by atoms with van der Waals surface area (Å²) in [5.41, 5.74) is 1.42. The van der Waals surface area contributed by atoms with Crippen molar-refractivity contribution < 1.29 is 5.11 Å². The number of aromatic hydroxyl groups is 1. The van der Waals surface area contributed by atoms with E-state index in [1.807, 2.05) is 21.0 Å². The summed E-state index contributed by atoms with van der Waals surface area (Å²) >= 11 is 0. The van der Waals surface area contributed by atoms with Crippen LogP contribution in [0.2, 0.25) is 0 Å². The average molecular weight is 307 g/mol. The van der Waals surface area contributed by atoms with Gasteiger partial charge < -0.3 is 14.6 Å². The molecule has 1 aromatic rings. The van der Waals surface area contributed by atoms with Crippen molar-refractivity contribution in [2.75, 3.05) is 33.7 Å². The Kier molecular flexibility index (Phi) is 5.64. The molecule has 5 heteroatoms. The summed E-state index contributed by atoms with van der Waals surface area (Å²) in [7, 11) is 4.06. The van der Waals surface area contributed by atoms with Crippen LogP contribution in [0, 0.1) is 12.8 Å². The van der Waals surface area contributed by atoms with E-state index in [2.05, 4.69) is 21.3 Å². The molecule has 1 fully saturated rings. The van der Waals surface area contributed by atoms with Crippen LogP contribution >= 0.6 is 0 Å². The summed E-state index contributed by atoms with van der Waals surface area (Å²) in [6.45, 7) is 8.63. The molecule has 1 aliphatic heterocycles. The van der Waals surface area contributed by atoms with Crippen molar-refractivity contribution in [1.82, 2.24) is 14.4 Å². The standard InChI is InChI=1S/C17H29N3O2/c1-13-5-7-19(8-6-13)12-15-17(22)16(21)11-14(2)20(15)10-9-18(3)4/h11,13,22H,5-10,12H2,1-4H3. The zero-order valence-electron chi connectivity index (χ0n) is 14.3. The fourth-order valence-corrected chi connectivity index (χ4v) is 3.02. The van der Waals surface area contributed by atoms with Crippen molar-refractivity contribution in [1.29, 1.82) is 0 Å². The van der Waals surface area contributed by atoms with E-state index in [0.717, 1.165) is 43.5 Å². The van der Waals surface area contributed by atoms with Crippen molar-refractivity contribution >= 4 is 0 Å². The Balaban J connectivity index is 2.25. The Morgan fingerprint density at radius 3 is 2.55 bits per heavy atom. The third-order valence-electron chi connectivity index (χ3n) is 4.62. The maximum atomic E-state index is 12.0. The van der Waals surface area contributed by atoms with Gasteiger partial charge in [-0.05, 0) is 52.9 Å². The maximum Gasteiger partial charge on any atom is 0.223 e. The van der Waals surface area contributed by atoms with Crippen molar-refractivity contribution in [3.05, 3.63) is 27.7 Å². The van der Waals surface area contributed by atoms with Gasteiger partial charge in [0.2, 0.25) is 5.43 Å². The van der Waals surface area contributed by atoms with Gasteiger partial charge in [-0.3, -0.25) is 9.69 Å². The van der Waals surface area contributed by atoms with Gasteiger partial charge in [-0.25, -0.2) is 0 Å². The Labute approximate surface area is 133 Å². The van der Waals surface area contributed by atoms with E-state index < -0.39 is 0 Å². The first-order valence-corrected chi connectivity index (χ1v) is 8.18. The van der Waals surface area contributed by atoms with Crippen LogP contribution in [0.4, 0.5) is 0 Å². The lowest BCUT2D eigenvalue weighted by Crippen LogP contribution is -2.34. The number of aromatic nitrogens is 1. The van der Waals surface area contributed by atoms with Crippen LogP contribution in [0.25, 0.3) is 0 Å². The van der Waals surface area contributed by atoms with Gasteiger partial charge in [0.15, 0.2) is 5.75 Å². The molecule has 0 amide bonds. The predicted molar refractivity (Wildman–Crippen MR) is 89.3 cm³/mol. The minimum Gasteiger partial charge on any atom is -0.503 e. The lowest BCUT2D eigenvalue weighted by atomic mass is 9.99. The molecule has 2 rings (SSSR count). The summed E-state index contributed by atoms with van der Waals surface area (Å²) < 4.78 is 2.09. The summed E-state index contributed by atoms with van der Waals surface area (Å²) in [6, 6.07) is 1.53. The van der Waals surface area contributed by atoms with Gasteiger partial charge in [0.25, 0.3) is 0 Å². The topological polar surface area (TPSA) is 48.7 Å². The quantitative estimate of drug-likeness (QED) is 0.899. The fraction of sp³-hybridized carbons (Fsp3) is 0.706. The molecule has 0 unspecified atom stereocenters. The van der Waals surface area contributed by atoms with E-state index >= 15 is 0 Å². The molecule has 0 radical (unpaired) electrons. The van der Waals surface area contributed by atoms with Crippen molar-refractivity contribution in [2.24, 2.45) is 5.92 Å². The van der Waals surface area contributed by atoms with Crippen LogP contribution < -0.4 is 5.43 Å². The zero-order valence-corrected chi connectivity index (χ0v) is 14.3. The lowest BCUT2D eigenvalue weighted by molar-refractivity contribution is 0.178. The molecule has 1 aromatic heterocycles. The van der Waals surface area contributed by atoms with Crippen LogP contribution in [0.5, 0.6) is 5.75 Å². The molecule has 2 heterocycles. The van der Waals surface area contributed by atoms with Crippen LogP contribution in [-0.2, 0) is 13.1 Å². The fourth-order valence-electron chi connectivity index (χ4n) is 3.02. The van der Waals surface area contributed by atoms with Gasteiger partial charge in [0, 0.05) is 31.4 Å². The van der Waals surface area contributed by atoms with E-state index in [-0.39, 0.29) is 11.2 Å². The number of pyridine rings is 1. The molecular weight excluding hydrogens is 278 g/mol. The van der Waals surface area contributed by atoms with Gasteiger partial charge in [-0.1, -0.05) is 6.92 Å². The number of hydrogen-bond donors (Lipinski definition) is 1. The number of likely N-dealkylation sites (tertiary alicyclic amines) is 1. The van der Waals surface area contributed by atoms with Gasteiger partial charge >= 0.3 is 0 Å². The number of piperidine rings is 1. The first kappa shape index (κ1) is 17.0. The molecule has 0 aromatic carbocycles. The number of hydrogen-bond acceptors (Lipinski definition) is 4. The molecule has 1 N–H and O–H groups in total. The van der Waals surface area contributed by atoms with Crippen molar-refractivity contribution in [3.63, 3.8) is 0 Å². The lowest BCUT2D eigenvalue weighted by Gasteiger charge is -2.31. The van der Waals surface area contributed by atoms with Gasteiger partial charge in [-0.15, -0.1) is 0 Å². The number of likely N-dealkylation sites (N-methyl/N-ethyl adjacent to an activating group) is 1. The summed E-state index contributed by atoms with van der Waals surface area (Å²) in [5.74, 6) is 0.696. The first-order chi connectivity index (χ1) is 10.4. The molecule has 0 bridgehead atoms. The highest BCUT2D eigenvalue weighted by Gasteiger charge is 2.20. The molecule has 5 nitrogen and oxygen atoms in total.